The monoisotopic (exact) mass is 422 g/mol. The maximum absolute atomic E-state index is 11.9. The number of imide groups is 1. The number of aromatic nitrogens is 1. The number of hydrogen-bond acceptors (Lipinski definition) is 5. The number of carbonyl (C=O) groups is 2. The Morgan fingerprint density at radius 2 is 1.80 bits per heavy atom. The molecular weight excluding hydrogens is 400 g/mol. The molecular formula is C23H22N2O4S. The molecule has 0 saturated carbocycles. The summed E-state index contributed by atoms with van der Waals surface area (Å²) in [7, 11) is 0. The highest BCUT2D eigenvalue weighted by Crippen LogP contribution is 2.29. The number of para-hydroxylation sites is 1. The minimum atomic E-state index is -0.352. The van der Waals surface area contributed by atoms with E-state index >= 15 is 0 Å². The largest absolute Gasteiger partial charge is 0.492 e. The van der Waals surface area contributed by atoms with Gasteiger partial charge in [-0.25, -0.2) is 0 Å². The Bertz CT molecular complexity index is 1120. The molecule has 1 fully saturated rings. The first-order chi connectivity index (χ1) is 14.5. The minimum Gasteiger partial charge on any atom is -0.492 e. The molecule has 2 heterocycles. The molecule has 0 spiro atoms. The molecule has 0 aliphatic carbocycles. The van der Waals surface area contributed by atoms with Crippen molar-refractivity contribution in [2.45, 2.75) is 26.5 Å². The predicted octanol–water partition coefficient (Wildman–Crippen LogP) is 4.83. The average Bonchev–Trinajstić information content (AvgIpc) is 3.22. The van der Waals surface area contributed by atoms with Crippen LogP contribution < -0.4 is 14.8 Å². The summed E-state index contributed by atoms with van der Waals surface area (Å²) in [6, 6.07) is 15.6. The quantitative estimate of drug-likeness (QED) is 0.552. The lowest BCUT2D eigenvalue weighted by Crippen LogP contribution is -2.17. The van der Waals surface area contributed by atoms with Crippen LogP contribution in [0.25, 0.3) is 17.0 Å². The molecule has 0 unspecified atom stereocenters. The van der Waals surface area contributed by atoms with E-state index in [1.807, 2.05) is 68.6 Å². The Morgan fingerprint density at radius 3 is 2.50 bits per heavy atom. The molecule has 1 saturated heterocycles. The third-order valence-corrected chi connectivity index (χ3v) is 5.36. The number of nitrogens with zero attached hydrogens (tertiary/aromatic N) is 1. The van der Waals surface area contributed by atoms with E-state index in [1.54, 1.807) is 6.08 Å². The van der Waals surface area contributed by atoms with Gasteiger partial charge in [0.25, 0.3) is 11.1 Å². The van der Waals surface area contributed by atoms with Crippen molar-refractivity contribution >= 4 is 39.9 Å². The van der Waals surface area contributed by atoms with Gasteiger partial charge < -0.3 is 14.0 Å². The van der Waals surface area contributed by atoms with Crippen LogP contribution in [0.1, 0.15) is 19.4 Å². The Kier molecular flexibility index (Phi) is 5.81. The summed E-state index contributed by atoms with van der Waals surface area (Å²) in [5.74, 6) is 1.25. The second-order valence-electron chi connectivity index (χ2n) is 7.13. The fourth-order valence-corrected chi connectivity index (χ4v) is 3.96. The maximum Gasteiger partial charge on any atom is 0.290 e. The van der Waals surface area contributed by atoms with Gasteiger partial charge in [-0.05, 0) is 62.0 Å². The molecule has 154 valence electrons. The van der Waals surface area contributed by atoms with Crippen LogP contribution in [0.4, 0.5) is 4.79 Å². The van der Waals surface area contributed by atoms with Crippen molar-refractivity contribution in [1.29, 1.82) is 0 Å². The third-order valence-electron chi connectivity index (χ3n) is 4.54. The third kappa shape index (κ3) is 4.52. The minimum absolute atomic E-state index is 0.134. The lowest BCUT2D eigenvalue weighted by Gasteiger charge is -2.11. The summed E-state index contributed by atoms with van der Waals surface area (Å²) in [5, 5.41) is 2.97. The fraction of sp³-hybridized carbons (Fsp3) is 0.217. The summed E-state index contributed by atoms with van der Waals surface area (Å²) in [4.78, 5) is 23.7. The van der Waals surface area contributed by atoms with Gasteiger partial charge in [-0.15, -0.1) is 0 Å². The molecule has 0 atom stereocenters. The fourth-order valence-electron chi connectivity index (χ4n) is 3.29. The van der Waals surface area contributed by atoms with Gasteiger partial charge in [-0.1, -0.05) is 18.2 Å². The van der Waals surface area contributed by atoms with Crippen LogP contribution in [0.5, 0.6) is 11.5 Å². The first-order valence-corrected chi connectivity index (χ1v) is 10.5. The van der Waals surface area contributed by atoms with Crippen LogP contribution in [-0.2, 0) is 11.3 Å². The molecule has 3 aromatic rings. The van der Waals surface area contributed by atoms with Gasteiger partial charge in [0.05, 0.1) is 17.6 Å². The van der Waals surface area contributed by atoms with Gasteiger partial charge in [0.15, 0.2) is 0 Å². The molecule has 2 aromatic carbocycles. The van der Waals surface area contributed by atoms with Crippen LogP contribution in [0, 0.1) is 0 Å². The van der Waals surface area contributed by atoms with E-state index in [0.29, 0.717) is 18.1 Å². The van der Waals surface area contributed by atoms with E-state index in [9.17, 15) is 9.59 Å². The summed E-state index contributed by atoms with van der Waals surface area (Å²) in [6.07, 6.45) is 3.88. The number of carbonyl (C=O) groups excluding carboxylic acids is 2. The van der Waals surface area contributed by atoms with Crippen molar-refractivity contribution in [3.05, 3.63) is 65.2 Å². The first-order valence-electron chi connectivity index (χ1n) is 9.72. The van der Waals surface area contributed by atoms with Crippen LogP contribution in [-0.4, -0.2) is 28.4 Å². The Hall–Kier alpha value is -3.19. The lowest BCUT2D eigenvalue weighted by molar-refractivity contribution is -0.115. The number of ether oxygens (including phenoxy) is 2. The molecule has 6 nitrogen and oxygen atoms in total. The van der Waals surface area contributed by atoms with Crippen LogP contribution in [0.3, 0.4) is 0 Å². The molecule has 0 radical (unpaired) electrons. The summed E-state index contributed by atoms with van der Waals surface area (Å²) >= 11 is 0.923. The highest BCUT2D eigenvalue weighted by molar-refractivity contribution is 8.18. The van der Waals surface area contributed by atoms with E-state index in [2.05, 4.69) is 9.88 Å². The highest BCUT2D eigenvalue weighted by atomic mass is 32.2. The van der Waals surface area contributed by atoms with Gasteiger partial charge in [-0.3, -0.25) is 14.9 Å². The molecule has 30 heavy (non-hydrogen) atoms. The number of rotatable bonds is 7. The zero-order valence-electron chi connectivity index (χ0n) is 16.8. The lowest BCUT2D eigenvalue weighted by atomic mass is 10.1. The Balaban J connectivity index is 1.48. The smallest absolute Gasteiger partial charge is 0.290 e. The molecule has 4 rings (SSSR count). The van der Waals surface area contributed by atoms with Gasteiger partial charge >= 0.3 is 0 Å². The molecule has 1 N–H and O–H groups in total. The van der Waals surface area contributed by atoms with Gasteiger partial charge in [0.1, 0.15) is 18.1 Å². The summed E-state index contributed by atoms with van der Waals surface area (Å²) < 4.78 is 13.6. The second kappa shape index (κ2) is 8.67. The van der Waals surface area contributed by atoms with Crippen LogP contribution in [0.15, 0.2) is 59.6 Å². The van der Waals surface area contributed by atoms with E-state index in [-0.39, 0.29) is 17.3 Å². The normalized spacial score (nSPS) is 15.2. The molecule has 1 aromatic heterocycles. The van der Waals surface area contributed by atoms with Crippen molar-refractivity contribution in [3.8, 4) is 11.5 Å². The molecule has 7 heteroatoms. The van der Waals surface area contributed by atoms with Gasteiger partial charge in [-0.2, -0.15) is 0 Å². The predicted molar refractivity (Wildman–Crippen MR) is 119 cm³/mol. The van der Waals surface area contributed by atoms with Crippen LogP contribution >= 0.6 is 11.8 Å². The van der Waals surface area contributed by atoms with Gasteiger partial charge in [0, 0.05) is 22.7 Å². The van der Waals surface area contributed by atoms with Crippen LogP contribution in [0.2, 0.25) is 0 Å². The maximum atomic E-state index is 11.9. The van der Waals surface area contributed by atoms with E-state index < -0.39 is 0 Å². The van der Waals surface area contributed by atoms with Gasteiger partial charge in [0.2, 0.25) is 0 Å². The zero-order valence-corrected chi connectivity index (χ0v) is 17.6. The Labute approximate surface area is 178 Å². The van der Waals surface area contributed by atoms with Crippen molar-refractivity contribution in [1.82, 2.24) is 9.88 Å². The highest BCUT2D eigenvalue weighted by Gasteiger charge is 2.25. The number of nitrogens with one attached hydrogen (secondary N) is 1. The Morgan fingerprint density at radius 1 is 1.07 bits per heavy atom. The SMILES string of the molecule is CC(C)Oc1ccc(OCCn2cc(/C=C3\SC(=O)NC3=O)c3ccccc32)cc1. The number of hydrogen-bond donors (Lipinski definition) is 1. The molecule has 2 amide bonds. The van der Waals surface area contributed by atoms with Crippen molar-refractivity contribution < 1.29 is 19.1 Å². The van der Waals surface area contributed by atoms with E-state index in [1.165, 1.54) is 0 Å². The second-order valence-corrected chi connectivity index (χ2v) is 8.15. The summed E-state index contributed by atoms with van der Waals surface area (Å²) in [5.41, 5.74) is 1.94. The first kappa shape index (κ1) is 20.1. The zero-order chi connectivity index (χ0) is 21.1. The number of benzene rings is 2. The van der Waals surface area contributed by atoms with Crippen molar-refractivity contribution in [3.63, 3.8) is 0 Å². The number of thioether (sulfide) groups is 1. The standard InChI is InChI=1S/C23H22N2O4S/c1-15(2)29-18-9-7-17(8-10-18)28-12-11-25-14-16(19-5-3-4-6-20(19)25)13-21-22(26)24-23(27)30-21/h3-10,13-15H,11-12H2,1-2H3,(H,24,26,27)/b21-13-. The topological polar surface area (TPSA) is 69.6 Å². The molecule has 0 bridgehead atoms. The van der Waals surface area contributed by atoms with E-state index in [0.717, 1.165) is 39.7 Å². The van der Waals surface area contributed by atoms with Crippen molar-refractivity contribution in [2.75, 3.05) is 6.61 Å². The average molecular weight is 423 g/mol. The number of amides is 2. The summed E-state index contributed by atoms with van der Waals surface area (Å²) in [6.45, 7) is 5.12. The number of fused-ring (bicyclic) bond motifs is 1. The molecule has 1 aliphatic heterocycles. The van der Waals surface area contributed by atoms with Crippen molar-refractivity contribution in [2.24, 2.45) is 0 Å². The van der Waals surface area contributed by atoms with E-state index in [4.69, 9.17) is 9.47 Å². The molecule has 1 aliphatic rings.